The molecule has 3 rings (SSSR count). The van der Waals surface area contributed by atoms with Gasteiger partial charge in [-0.3, -0.25) is 9.59 Å². The summed E-state index contributed by atoms with van der Waals surface area (Å²) in [6.07, 6.45) is 0.117. The van der Waals surface area contributed by atoms with E-state index in [0.717, 1.165) is 5.56 Å². The lowest BCUT2D eigenvalue weighted by molar-refractivity contribution is -0.122. The predicted molar refractivity (Wildman–Crippen MR) is 96.4 cm³/mol. The van der Waals surface area contributed by atoms with E-state index in [4.69, 9.17) is 11.6 Å². The quantitative estimate of drug-likeness (QED) is 0.896. The number of rotatable bonds is 3. The lowest BCUT2D eigenvalue weighted by Crippen LogP contribution is -2.28. The highest BCUT2D eigenvalue weighted by Crippen LogP contribution is 2.31. The van der Waals surface area contributed by atoms with Crippen LogP contribution in [0.3, 0.4) is 0 Å². The van der Waals surface area contributed by atoms with E-state index in [1.165, 1.54) is 6.07 Å². The molecule has 0 radical (unpaired) electrons. The summed E-state index contributed by atoms with van der Waals surface area (Å²) in [4.78, 5) is 26.4. The van der Waals surface area contributed by atoms with Crippen LogP contribution in [0.25, 0.3) is 0 Å². The molecule has 25 heavy (non-hydrogen) atoms. The zero-order chi connectivity index (χ0) is 18.1. The molecule has 130 valence electrons. The van der Waals surface area contributed by atoms with Gasteiger partial charge in [0.25, 0.3) is 0 Å². The van der Waals surface area contributed by atoms with Gasteiger partial charge in [0.1, 0.15) is 5.82 Å². The van der Waals surface area contributed by atoms with Crippen molar-refractivity contribution in [3.63, 3.8) is 0 Å². The van der Waals surface area contributed by atoms with E-state index < -0.39 is 5.92 Å². The van der Waals surface area contributed by atoms with Crippen LogP contribution in [0, 0.1) is 25.6 Å². The van der Waals surface area contributed by atoms with Crippen LogP contribution in [0.15, 0.2) is 36.4 Å². The molecule has 6 heteroatoms. The molecule has 1 aliphatic rings. The lowest BCUT2D eigenvalue weighted by Gasteiger charge is -2.19. The second kappa shape index (κ2) is 6.84. The molecule has 1 saturated heterocycles. The average molecular weight is 361 g/mol. The van der Waals surface area contributed by atoms with Crippen LogP contribution in [0.5, 0.6) is 0 Å². The molecule has 0 aromatic heterocycles. The number of carbonyl (C=O) groups excluding carboxylic acids is 2. The van der Waals surface area contributed by atoms with Gasteiger partial charge in [-0.2, -0.15) is 0 Å². The van der Waals surface area contributed by atoms with Crippen molar-refractivity contribution in [3.8, 4) is 0 Å². The van der Waals surface area contributed by atoms with Crippen molar-refractivity contribution in [1.29, 1.82) is 0 Å². The predicted octanol–water partition coefficient (Wildman–Crippen LogP) is 4.09. The number of amides is 2. The second-order valence-corrected chi connectivity index (χ2v) is 6.65. The van der Waals surface area contributed by atoms with Crippen LogP contribution < -0.4 is 10.2 Å². The van der Waals surface area contributed by atoms with E-state index in [1.54, 1.807) is 36.1 Å². The van der Waals surface area contributed by atoms with Crippen LogP contribution in [-0.4, -0.2) is 18.4 Å². The first kappa shape index (κ1) is 17.4. The monoisotopic (exact) mass is 360 g/mol. The number of hydrogen-bond donors (Lipinski definition) is 1. The van der Waals surface area contributed by atoms with Gasteiger partial charge in [0.15, 0.2) is 0 Å². The smallest absolute Gasteiger partial charge is 0.229 e. The third kappa shape index (κ3) is 3.51. The van der Waals surface area contributed by atoms with E-state index >= 15 is 0 Å². The number of aryl methyl sites for hydroxylation is 1. The van der Waals surface area contributed by atoms with Gasteiger partial charge in [-0.15, -0.1) is 0 Å². The van der Waals surface area contributed by atoms with Gasteiger partial charge in [-0.25, -0.2) is 4.39 Å². The number of hydrogen-bond acceptors (Lipinski definition) is 2. The van der Waals surface area contributed by atoms with Crippen LogP contribution in [0.4, 0.5) is 15.8 Å². The number of carbonyl (C=O) groups is 2. The molecule has 2 amide bonds. The van der Waals surface area contributed by atoms with Gasteiger partial charge in [0.05, 0.1) is 5.92 Å². The highest BCUT2D eigenvalue weighted by Gasteiger charge is 2.35. The van der Waals surface area contributed by atoms with Crippen molar-refractivity contribution in [2.75, 3.05) is 16.8 Å². The fourth-order valence-electron chi connectivity index (χ4n) is 2.92. The Labute approximate surface area is 150 Å². The van der Waals surface area contributed by atoms with Crippen molar-refractivity contribution in [3.05, 3.63) is 58.4 Å². The van der Waals surface area contributed by atoms with Gasteiger partial charge in [-0.1, -0.05) is 23.7 Å². The molecule has 0 saturated carbocycles. The zero-order valence-corrected chi connectivity index (χ0v) is 14.7. The summed E-state index contributed by atoms with van der Waals surface area (Å²) in [5.74, 6) is -1.29. The van der Waals surface area contributed by atoms with Gasteiger partial charge in [0.2, 0.25) is 11.8 Å². The molecule has 2 aromatic carbocycles. The summed E-state index contributed by atoms with van der Waals surface area (Å²) < 4.78 is 13.6. The van der Waals surface area contributed by atoms with Crippen LogP contribution >= 0.6 is 11.6 Å². The Morgan fingerprint density at radius 1 is 1.28 bits per heavy atom. The Kier molecular flexibility index (Phi) is 4.77. The SMILES string of the molecule is Cc1ccc(NC(=O)[C@H]2CC(=O)N(c3cccc(Cl)c3C)C2)cc1F. The van der Waals surface area contributed by atoms with Crippen molar-refractivity contribution in [2.24, 2.45) is 5.92 Å². The summed E-state index contributed by atoms with van der Waals surface area (Å²) in [7, 11) is 0. The molecule has 1 aliphatic heterocycles. The van der Waals surface area contributed by atoms with E-state index in [9.17, 15) is 14.0 Å². The molecule has 0 bridgehead atoms. The average Bonchev–Trinajstić information content (AvgIpc) is 2.95. The highest BCUT2D eigenvalue weighted by atomic mass is 35.5. The van der Waals surface area contributed by atoms with Crippen molar-refractivity contribution >= 4 is 34.8 Å². The first-order valence-electron chi connectivity index (χ1n) is 7.99. The van der Waals surface area contributed by atoms with Gasteiger partial charge >= 0.3 is 0 Å². The van der Waals surface area contributed by atoms with Gasteiger partial charge < -0.3 is 10.2 Å². The van der Waals surface area contributed by atoms with Crippen molar-refractivity contribution < 1.29 is 14.0 Å². The molecule has 1 N–H and O–H groups in total. The number of benzene rings is 2. The first-order chi connectivity index (χ1) is 11.9. The Hall–Kier alpha value is -2.40. The molecule has 0 spiro atoms. The molecular formula is C19H18ClFN2O2. The van der Waals surface area contributed by atoms with E-state index in [-0.39, 0.29) is 30.6 Å². The molecule has 1 atom stereocenters. The molecule has 2 aromatic rings. The van der Waals surface area contributed by atoms with Crippen LogP contribution in [0.2, 0.25) is 5.02 Å². The minimum atomic E-state index is -0.491. The maximum absolute atomic E-state index is 13.6. The number of anilines is 2. The van der Waals surface area contributed by atoms with Crippen LogP contribution in [-0.2, 0) is 9.59 Å². The molecule has 1 fully saturated rings. The molecule has 4 nitrogen and oxygen atoms in total. The summed E-state index contributed by atoms with van der Waals surface area (Å²) in [5, 5.41) is 3.26. The van der Waals surface area contributed by atoms with Gasteiger partial charge in [-0.05, 0) is 49.2 Å². The molecule has 0 aliphatic carbocycles. The Morgan fingerprint density at radius 3 is 2.76 bits per heavy atom. The van der Waals surface area contributed by atoms with Crippen molar-refractivity contribution in [2.45, 2.75) is 20.3 Å². The summed E-state index contributed by atoms with van der Waals surface area (Å²) >= 11 is 6.12. The standard InChI is InChI=1S/C19H18ClFN2O2/c1-11-6-7-14(9-16(11)21)22-19(25)13-8-18(24)23(10-13)17-5-3-4-15(20)12(17)2/h3-7,9,13H,8,10H2,1-2H3,(H,22,25)/t13-/m0/s1. The minimum Gasteiger partial charge on any atom is -0.326 e. The third-order valence-corrected chi connectivity index (χ3v) is 4.87. The van der Waals surface area contributed by atoms with Gasteiger partial charge in [0, 0.05) is 29.4 Å². The maximum atomic E-state index is 13.6. The molecule has 0 unspecified atom stereocenters. The molecule has 1 heterocycles. The topological polar surface area (TPSA) is 49.4 Å². The van der Waals surface area contributed by atoms with Crippen molar-refractivity contribution in [1.82, 2.24) is 0 Å². The summed E-state index contributed by atoms with van der Waals surface area (Å²) in [6, 6.07) is 9.88. The minimum absolute atomic E-state index is 0.117. The van der Waals surface area contributed by atoms with E-state index in [1.807, 2.05) is 13.0 Å². The number of nitrogens with one attached hydrogen (secondary N) is 1. The van der Waals surface area contributed by atoms with E-state index in [0.29, 0.717) is 22.0 Å². The number of nitrogens with zero attached hydrogens (tertiary/aromatic N) is 1. The normalized spacial score (nSPS) is 17.0. The zero-order valence-electron chi connectivity index (χ0n) is 14.0. The second-order valence-electron chi connectivity index (χ2n) is 6.24. The fraction of sp³-hybridized carbons (Fsp3) is 0.263. The third-order valence-electron chi connectivity index (χ3n) is 4.47. The maximum Gasteiger partial charge on any atom is 0.229 e. The molecular weight excluding hydrogens is 343 g/mol. The Morgan fingerprint density at radius 2 is 2.04 bits per heavy atom. The highest BCUT2D eigenvalue weighted by molar-refractivity contribution is 6.31. The van der Waals surface area contributed by atoms with Crippen LogP contribution in [0.1, 0.15) is 17.5 Å². The Balaban J connectivity index is 1.74. The summed E-state index contributed by atoms with van der Waals surface area (Å²) in [6.45, 7) is 3.77. The number of halogens is 2. The van der Waals surface area contributed by atoms with E-state index in [2.05, 4.69) is 5.32 Å². The Bertz CT molecular complexity index is 853. The lowest BCUT2D eigenvalue weighted by atomic mass is 10.1. The first-order valence-corrected chi connectivity index (χ1v) is 8.37. The largest absolute Gasteiger partial charge is 0.326 e. The fourth-order valence-corrected chi connectivity index (χ4v) is 3.09. The summed E-state index contributed by atoms with van der Waals surface area (Å²) in [5.41, 5.74) is 2.42.